The zero-order valence-electron chi connectivity index (χ0n) is 18.5. The van der Waals surface area contributed by atoms with Crippen LogP contribution >= 0.6 is 0 Å². The quantitative estimate of drug-likeness (QED) is 0.575. The topological polar surface area (TPSA) is 90.6 Å². The van der Waals surface area contributed by atoms with Crippen molar-refractivity contribution >= 4 is 17.5 Å². The first-order valence-corrected chi connectivity index (χ1v) is 9.01. The molecule has 152 valence electrons. The molecule has 1 aliphatic heterocycles. The third-order valence-corrected chi connectivity index (χ3v) is 4.86. The zero-order chi connectivity index (χ0) is 23.4. The van der Waals surface area contributed by atoms with Crippen molar-refractivity contribution < 1.29 is 16.7 Å². The number of hydrogen-bond acceptors (Lipinski definition) is 5. The molecule has 0 aliphatic carbocycles. The molecule has 3 heterocycles. The first-order chi connectivity index (χ1) is 15.1. The van der Waals surface area contributed by atoms with Crippen LogP contribution in [0.15, 0.2) is 30.5 Å². The fraction of sp³-hybridized carbons (Fsp3) is 0.238. The summed E-state index contributed by atoms with van der Waals surface area (Å²) >= 11 is 0. The number of carbonyl (C=O) groups is 1. The normalized spacial score (nSPS) is 18.6. The fourth-order valence-corrected chi connectivity index (χ4v) is 3.38. The lowest BCUT2D eigenvalue weighted by Crippen LogP contribution is -2.28. The van der Waals surface area contributed by atoms with E-state index in [-0.39, 0.29) is 39.8 Å². The van der Waals surface area contributed by atoms with Gasteiger partial charge in [-0.2, -0.15) is 0 Å². The van der Waals surface area contributed by atoms with Gasteiger partial charge in [-0.3, -0.25) is 4.79 Å². The number of benzene rings is 1. The molecule has 0 unspecified atom stereocenters. The van der Waals surface area contributed by atoms with E-state index in [1.165, 1.54) is 43.2 Å². The summed E-state index contributed by atoms with van der Waals surface area (Å²) in [6.45, 7) is 6.78. The van der Waals surface area contributed by atoms with Gasteiger partial charge in [-0.05, 0) is 36.8 Å². The number of nitrogens with two attached hydrogens (primary N) is 1. The minimum Gasteiger partial charge on any atom is -0.482 e. The van der Waals surface area contributed by atoms with Gasteiger partial charge >= 0.3 is 0 Å². The van der Waals surface area contributed by atoms with E-state index in [2.05, 4.69) is 14.9 Å². The second-order valence-corrected chi connectivity index (χ2v) is 6.86. The number of anilines is 1. The molecule has 0 radical (unpaired) electrons. The second kappa shape index (κ2) is 7.15. The van der Waals surface area contributed by atoms with Crippen molar-refractivity contribution in [3.05, 3.63) is 64.5 Å². The summed E-state index contributed by atoms with van der Waals surface area (Å²) in [6, 6.07) is 5.11. The summed E-state index contributed by atoms with van der Waals surface area (Å²) in [4.78, 5) is 21.9. The maximum atomic E-state index is 14.1. The van der Waals surface area contributed by atoms with Crippen molar-refractivity contribution in [2.45, 2.75) is 19.5 Å². The summed E-state index contributed by atoms with van der Waals surface area (Å²) < 4.78 is 38.7. The molecule has 1 aromatic carbocycles. The molecule has 0 saturated carbocycles. The third kappa shape index (κ3) is 3.12. The van der Waals surface area contributed by atoms with Crippen molar-refractivity contribution in [2.75, 3.05) is 12.8 Å². The summed E-state index contributed by atoms with van der Waals surface area (Å²) in [5, 5.41) is 4.22. The van der Waals surface area contributed by atoms with Gasteiger partial charge in [0.25, 0.3) is 11.7 Å². The lowest BCUT2D eigenvalue weighted by Gasteiger charge is -2.23. The molecule has 0 fully saturated rings. The minimum atomic E-state index is -2.41. The lowest BCUT2D eigenvalue weighted by atomic mass is 10.0. The van der Waals surface area contributed by atoms with Crippen LogP contribution in [0.2, 0.25) is 0 Å². The number of ether oxygens (including phenoxy) is 1. The van der Waals surface area contributed by atoms with E-state index in [0.29, 0.717) is 5.56 Å². The molecule has 8 nitrogen and oxygen atoms in total. The number of rotatable bonds is 0. The molecule has 0 spiro atoms. The molecule has 0 saturated heterocycles. The number of fused-ring (bicyclic) bond motifs is 5. The van der Waals surface area contributed by atoms with Gasteiger partial charge in [-0.25, -0.2) is 14.1 Å². The Morgan fingerprint density at radius 3 is 2.90 bits per heavy atom. The highest BCUT2D eigenvalue weighted by molar-refractivity contribution is 5.96. The lowest BCUT2D eigenvalue weighted by molar-refractivity contribution is 0.0778. The SMILES string of the molecule is [2H]C1([2H])c2nn(C)c([N+]#[C-])c2-c2cnc(N)c(c2)O[C@H](C)c2cc(F)ccc2C(=O)N1C. The number of carbonyl (C=O) groups excluding carboxylic acids is 1. The van der Waals surface area contributed by atoms with Crippen molar-refractivity contribution in [3.63, 3.8) is 0 Å². The number of amides is 1. The third-order valence-electron chi connectivity index (χ3n) is 4.86. The fourth-order valence-electron chi connectivity index (χ4n) is 3.38. The van der Waals surface area contributed by atoms with Crippen LogP contribution in [0.25, 0.3) is 16.0 Å². The predicted molar refractivity (Wildman–Crippen MR) is 108 cm³/mol. The van der Waals surface area contributed by atoms with Crippen molar-refractivity contribution in [1.82, 2.24) is 19.7 Å². The number of aryl methyl sites for hydroxylation is 1. The van der Waals surface area contributed by atoms with E-state index in [1.807, 2.05) is 0 Å². The standard InChI is InChI=1S/C21H19FN6O2/c1-11-15-8-13(22)5-6-14(15)21(29)27(3)10-16-18(20(24-2)28(4)26-16)12-7-17(30-11)19(23)25-9-12/h5-9,11H,10H2,1,3-4H3,(H2,23,25)/t11-/m1/s1/i10D2. The summed E-state index contributed by atoms with van der Waals surface area (Å²) in [5.74, 6) is -1.00. The molecule has 3 aromatic rings. The van der Waals surface area contributed by atoms with Gasteiger partial charge in [0.1, 0.15) is 17.6 Å². The van der Waals surface area contributed by atoms with Crippen LogP contribution < -0.4 is 10.5 Å². The molecule has 1 aliphatic rings. The Hall–Kier alpha value is -3.93. The minimum absolute atomic E-state index is 0.0527. The molecule has 1 amide bonds. The molecule has 1 atom stereocenters. The highest BCUT2D eigenvalue weighted by Crippen LogP contribution is 2.38. The Kier molecular flexibility index (Phi) is 4.05. The van der Waals surface area contributed by atoms with Crippen LogP contribution in [0.1, 0.15) is 37.4 Å². The van der Waals surface area contributed by atoms with E-state index in [0.717, 1.165) is 11.0 Å². The molecule has 9 heteroatoms. The van der Waals surface area contributed by atoms with Crippen LogP contribution in [-0.4, -0.2) is 32.6 Å². The van der Waals surface area contributed by atoms with Gasteiger partial charge in [-0.15, -0.1) is 5.10 Å². The number of halogens is 1. The Morgan fingerprint density at radius 1 is 1.40 bits per heavy atom. The molecule has 2 bridgehead atoms. The molecule has 30 heavy (non-hydrogen) atoms. The average molecular weight is 408 g/mol. The van der Waals surface area contributed by atoms with E-state index in [1.54, 1.807) is 6.92 Å². The molecule has 2 aromatic heterocycles. The monoisotopic (exact) mass is 408 g/mol. The van der Waals surface area contributed by atoms with Gasteiger partial charge in [0, 0.05) is 29.9 Å². The number of aromatic nitrogens is 3. The van der Waals surface area contributed by atoms with E-state index < -0.39 is 24.3 Å². The predicted octanol–water partition coefficient (Wildman–Crippen LogP) is 3.48. The van der Waals surface area contributed by atoms with Crippen LogP contribution in [0.3, 0.4) is 0 Å². The second-order valence-electron chi connectivity index (χ2n) is 6.86. The Labute approximate surface area is 175 Å². The number of pyridine rings is 1. The van der Waals surface area contributed by atoms with E-state index in [9.17, 15) is 9.18 Å². The van der Waals surface area contributed by atoms with Crippen LogP contribution in [0.5, 0.6) is 5.75 Å². The largest absolute Gasteiger partial charge is 0.482 e. The van der Waals surface area contributed by atoms with Crippen molar-refractivity contribution in [3.8, 4) is 16.9 Å². The van der Waals surface area contributed by atoms with Crippen molar-refractivity contribution in [2.24, 2.45) is 7.05 Å². The maximum Gasteiger partial charge on any atom is 0.260 e. The molecular formula is C21H19FN6O2. The number of nitrogens with zero attached hydrogens (tertiary/aromatic N) is 5. The summed E-state index contributed by atoms with van der Waals surface area (Å²) in [7, 11) is 2.80. The first kappa shape index (κ1) is 17.0. The molecular weight excluding hydrogens is 387 g/mol. The van der Waals surface area contributed by atoms with Gasteiger partial charge in [0.05, 0.1) is 16.3 Å². The summed E-state index contributed by atoms with van der Waals surface area (Å²) in [5.41, 5.74) is 6.66. The number of hydrogen-bond donors (Lipinski definition) is 1. The highest BCUT2D eigenvalue weighted by atomic mass is 19.1. The smallest absolute Gasteiger partial charge is 0.260 e. The van der Waals surface area contributed by atoms with Crippen LogP contribution in [-0.2, 0) is 13.5 Å². The van der Waals surface area contributed by atoms with Gasteiger partial charge in [0.15, 0.2) is 11.6 Å². The van der Waals surface area contributed by atoms with E-state index >= 15 is 0 Å². The molecule has 4 rings (SSSR count). The van der Waals surface area contributed by atoms with Gasteiger partial charge in [0.2, 0.25) is 0 Å². The average Bonchev–Trinajstić information content (AvgIpc) is 3.10. The Bertz CT molecular complexity index is 1300. The molecule has 2 N–H and O–H groups in total. The maximum absolute atomic E-state index is 14.1. The van der Waals surface area contributed by atoms with Crippen molar-refractivity contribution in [1.29, 1.82) is 0 Å². The van der Waals surface area contributed by atoms with Gasteiger partial charge in [-0.1, -0.05) is 6.57 Å². The Morgan fingerprint density at radius 2 is 2.17 bits per heavy atom. The number of nitrogen functional groups attached to an aromatic ring is 1. The Balaban J connectivity index is 2.08. The zero-order valence-corrected chi connectivity index (χ0v) is 16.5. The van der Waals surface area contributed by atoms with Crippen LogP contribution in [0, 0.1) is 12.4 Å². The summed E-state index contributed by atoms with van der Waals surface area (Å²) in [6.07, 6.45) is 0.579. The highest BCUT2D eigenvalue weighted by Gasteiger charge is 2.27. The first-order valence-electron chi connectivity index (χ1n) is 10.0. The van der Waals surface area contributed by atoms with Crippen LogP contribution in [0.4, 0.5) is 16.0 Å². The van der Waals surface area contributed by atoms with Gasteiger partial charge < -0.3 is 20.2 Å². The van der Waals surface area contributed by atoms with E-state index in [4.69, 9.17) is 19.8 Å².